The van der Waals surface area contributed by atoms with E-state index in [0.717, 1.165) is 11.7 Å². The van der Waals surface area contributed by atoms with E-state index in [0.29, 0.717) is 0 Å². The lowest BCUT2D eigenvalue weighted by Gasteiger charge is -2.41. The molecule has 2 heterocycles. The summed E-state index contributed by atoms with van der Waals surface area (Å²) in [7, 11) is 0. The lowest BCUT2D eigenvalue weighted by Crippen LogP contribution is -2.53. The van der Waals surface area contributed by atoms with Crippen molar-refractivity contribution in [2.75, 3.05) is 9.80 Å². The molecule has 0 amide bonds. The number of hydrogen-bond donors (Lipinski definition) is 0. The Morgan fingerprint density at radius 3 is 1.10 bits per heavy atom. The van der Waals surface area contributed by atoms with Crippen LogP contribution < -0.4 is 9.80 Å². The largest absolute Gasteiger partial charge is 0.322 e. The smallest absolute Gasteiger partial charge is 0.102 e. The SMILES string of the molecule is CC1=NC(C)(C)C(C)(C)N1c1cccc(-c2ccc3c4ccc(-c5cccc(N6C(C)=NC(C)(C)C6(C)C)c5)cc4c4ccccc4c3c2)c1. The van der Waals surface area contributed by atoms with E-state index >= 15 is 0 Å². The van der Waals surface area contributed by atoms with Gasteiger partial charge in [-0.3, -0.25) is 9.98 Å². The molecule has 0 saturated carbocycles. The van der Waals surface area contributed by atoms with Crippen LogP contribution in [-0.4, -0.2) is 33.8 Å². The second kappa shape index (κ2) is 10.8. The van der Waals surface area contributed by atoms with E-state index in [1.807, 2.05) is 0 Å². The summed E-state index contributed by atoms with van der Waals surface area (Å²) in [6.07, 6.45) is 0. The van der Waals surface area contributed by atoms with E-state index in [4.69, 9.17) is 9.98 Å². The Bertz CT molecular complexity index is 2230. The maximum absolute atomic E-state index is 5.04. The molecular formula is C46H48N4. The highest BCUT2D eigenvalue weighted by Crippen LogP contribution is 2.44. The first kappa shape index (κ1) is 32.3. The van der Waals surface area contributed by atoms with Gasteiger partial charge in [0, 0.05) is 11.4 Å². The average Bonchev–Trinajstić information content (AvgIpc) is 3.35. The third-order valence-electron chi connectivity index (χ3n) is 12.4. The van der Waals surface area contributed by atoms with Crippen molar-refractivity contribution in [3.05, 3.63) is 109 Å². The molecule has 50 heavy (non-hydrogen) atoms. The quantitative estimate of drug-likeness (QED) is 0.177. The molecule has 0 fully saturated rings. The average molecular weight is 657 g/mol. The predicted octanol–water partition coefficient (Wildman–Crippen LogP) is 12.1. The van der Waals surface area contributed by atoms with Gasteiger partial charge in [-0.2, -0.15) is 0 Å². The normalized spacial score (nSPS) is 19.0. The highest BCUT2D eigenvalue weighted by Gasteiger charge is 2.49. The first-order valence-corrected chi connectivity index (χ1v) is 17.9. The zero-order chi connectivity index (χ0) is 35.4. The zero-order valence-corrected chi connectivity index (χ0v) is 31.2. The maximum Gasteiger partial charge on any atom is 0.102 e. The molecule has 0 aromatic heterocycles. The number of amidine groups is 2. The summed E-state index contributed by atoms with van der Waals surface area (Å²) in [4.78, 5) is 14.9. The molecule has 0 aliphatic carbocycles. The van der Waals surface area contributed by atoms with Crippen LogP contribution in [-0.2, 0) is 0 Å². The monoisotopic (exact) mass is 656 g/mol. The first-order valence-electron chi connectivity index (χ1n) is 17.9. The minimum Gasteiger partial charge on any atom is -0.322 e. The molecular weight excluding hydrogens is 609 g/mol. The van der Waals surface area contributed by atoms with Crippen molar-refractivity contribution in [1.82, 2.24) is 0 Å². The molecule has 6 aromatic rings. The number of fused-ring (bicyclic) bond motifs is 6. The van der Waals surface area contributed by atoms with Crippen LogP contribution in [0, 0.1) is 0 Å². The zero-order valence-electron chi connectivity index (χ0n) is 31.2. The second-order valence-electron chi connectivity index (χ2n) is 16.4. The number of aliphatic imine (C=N–C) groups is 2. The van der Waals surface area contributed by atoms with Crippen molar-refractivity contribution < 1.29 is 0 Å². The third kappa shape index (κ3) is 4.64. The lowest BCUT2D eigenvalue weighted by molar-refractivity contribution is 0.338. The van der Waals surface area contributed by atoms with E-state index in [1.54, 1.807) is 0 Å². The van der Waals surface area contributed by atoms with Crippen LogP contribution in [0.3, 0.4) is 0 Å². The highest BCUT2D eigenvalue weighted by atomic mass is 15.3. The van der Waals surface area contributed by atoms with Crippen molar-refractivity contribution >= 4 is 55.4 Å². The van der Waals surface area contributed by atoms with Gasteiger partial charge in [-0.25, -0.2) is 0 Å². The van der Waals surface area contributed by atoms with Gasteiger partial charge >= 0.3 is 0 Å². The number of nitrogens with zero attached hydrogens (tertiary/aromatic N) is 4. The topological polar surface area (TPSA) is 31.2 Å². The fourth-order valence-electron chi connectivity index (χ4n) is 8.52. The van der Waals surface area contributed by atoms with Crippen molar-refractivity contribution in [3.63, 3.8) is 0 Å². The number of benzene rings is 6. The summed E-state index contributed by atoms with van der Waals surface area (Å²) in [5.41, 5.74) is 6.60. The third-order valence-corrected chi connectivity index (χ3v) is 12.4. The van der Waals surface area contributed by atoms with Crippen LogP contribution in [0.1, 0.15) is 69.2 Å². The molecule has 0 N–H and O–H groups in total. The number of rotatable bonds is 4. The molecule has 4 heteroatoms. The van der Waals surface area contributed by atoms with E-state index < -0.39 is 0 Å². The Labute approximate surface area is 297 Å². The molecule has 2 aliphatic rings. The van der Waals surface area contributed by atoms with Gasteiger partial charge in [-0.1, -0.05) is 72.8 Å². The summed E-state index contributed by atoms with van der Waals surface area (Å²) in [5.74, 6) is 2.12. The van der Waals surface area contributed by atoms with Crippen molar-refractivity contribution in [1.29, 1.82) is 0 Å². The number of hydrogen-bond acceptors (Lipinski definition) is 4. The van der Waals surface area contributed by atoms with Crippen molar-refractivity contribution in [3.8, 4) is 22.3 Å². The molecule has 0 unspecified atom stereocenters. The Balaban J connectivity index is 1.23. The van der Waals surface area contributed by atoms with Crippen LogP contribution >= 0.6 is 0 Å². The minimum atomic E-state index is -0.172. The van der Waals surface area contributed by atoms with Crippen molar-refractivity contribution in [2.24, 2.45) is 9.98 Å². The minimum absolute atomic E-state index is 0.136. The van der Waals surface area contributed by atoms with Crippen LogP contribution in [0.25, 0.3) is 54.6 Å². The fourth-order valence-corrected chi connectivity index (χ4v) is 8.52. The molecule has 252 valence electrons. The molecule has 0 saturated heterocycles. The van der Waals surface area contributed by atoms with Gasteiger partial charge in [0.2, 0.25) is 0 Å². The van der Waals surface area contributed by atoms with Crippen LogP contribution in [0.2, 0.25) is 0 Å². The molecule has 6 aromatic carbocycles. The van der Waals surface area contributed by atoms with E-state index in [-0.39, 0.29) is 22.2 Å². The van der Waals surface area contributed by atoms with Gasteiger partial charge < -0.3 is 9.80 Å². The van der Waals surface area contributed by atoms with E-state index in [2.05, 4.69) is 188 Å². The van der Waals surface area contributed by atoms with Gasteiger partial charge in [0.05, 0.1) is 22.2 Å². The van der Waals surface area contributed by atoms with Crippen LogP contribution in [0.15, 0.2) is 119 Å². The fraction of sp³-hybridized carbons (Fsp3) is 0.304. The van der Waals surface area contributed by atoms with Crippen molar-refractivity contribution in [2.45, 2.75) is 91.4 Å². The van der Waals surface area contributed by atoms with Gasteiger partial charge in [0.25, 0.3) is 0 Å². The summed E-state index contributed by atoms with van der Waals surface area (Å²) in [6, 6.07) is 40.8. The van der Waals surface area contributed by atoms with Gasteiger partial charge in [-0.05, 0) is 160 Å². The molecule has 0 radical (unpaired) electrons. The van der Waals surface area contributed by atoms with Gasteiger partial charge in [0.1, 0.15) is 11.7 Å². The molecule has 0 atom stereocenters. The Kier molecular flexibility index (Phi) is 6.95. The highest BCUT2D eigenvalue weighted by molar-refractivity contribution is 6.26. The molecule has 4 nitrogen and oxygen atoms in total. The summed E-state index contributed by atoms with van der Waals surface area (Å²) in [6.45, 7) is 22.3. The maximum atomic E-state index is 5.04. The Hall–Kier alpha value is -4.96. The second-order valence-corrected chi connectivity index (χ2v) is 16.4. The number of anilines is 2. The summed E-state index contributed by atoms with van der Waals surface area (Å²) >= 11 is 0. The Morgan fingerprint density at radius 2 is 0.740 bits per heavy atom. The molecule has 0 spiro atoms. The standard InChI is InChI=1S/C46H48N4/c1-29-47-43(3,4)45(7,8)49(29)35-17-13-15-31(25-35)33-21-23-39-40-24-22-34(28-42(40)38-20-12-11-19-37(38)41(39)27-33)32-16-14-18-36(26-32)50-30(2)48-44(5,6)46(50,9)10/h11-28H,1-10H3. The van der Waals surface area contributed by atoms with Crippen LogP contribution in [0.5, 0.6) is 0 Å². The van der Waals surface area contributed by atoms with E-state index in [1.165, 1.54) is 65.9 Å². The molecule has 0 bridgehead atoms. The molecule has 2 aliphatic heterocycles. The Morgan fingerprint density at radius 1 is 0.380 bits per heavy atom. The summed E-state index contributed by atoms with van der Waals surface area (Å²) in [5, 5.41) is 7.66. The predicted molar refractivity (Wildman–Crippen MR) is 217 cm³/mol. The van der Waals surface area contributed by atoms with Gasteiger partial charge in [0.15, 0.2) is 0 Å². The lowest BCUT2D eigenvalue weighted by atomic mass is 9.83. The van der Waals surface area contributed by atoms with Crippen LogP contribution in [0.4, 0.5) is 11.4 Å². The first-order chi connectivity index (χ1) is 23.6. The summed E-state index contributed by atoms with van der Waals surface area (Å²) < 4.78 is 0. The van der Waals surface area contributed by atoms with Gasteiger partial charge in [-0.15, -0.1) is 0 Å². The van der Waals surface area contributed by atoms with E-state index in [9.17, 15) is 0 Å². The molecule has 8 rings (SSSR count).